The molecule has 0 spiro atoms. The lowest BCUT2D eigenvalue weighted by atomic mass is 10.1. The number of pyridine rings is 1. The molecule has 1 fully saturated rings. The van der Waals surface area contributed by atoms with Gasteiger partial charge >= 0.3 is 0 Å². The molecule has 1 aliphatic heterocycles. The van der Waals surface area contributed by atoms with E-state index in [1.165, 1.54) is 0 Å². The molecular weight excluding hydrogens is 364 g/mol. The number of nitrogens with one attached hydrogen (secondary N) is 2. The Hall–Kier alpha value is -2.45. The molecular formula is C19H22N4O3S. The fraction of sp³-hybridized carbons (Fsp3) is 0.368. The number of anilines is 2. The third kappa shape index (κ3) is 3.96. The average molecular weight is 386 g/mol. The van der Waals surface area contributed by atoms with Gasteiger partial charge in [-0.25, -0.2) is 0 Å². The molecule has 1 aromatic carbocycles. The lowest BCUT2D eigenvalue weighted by Gasteiger charge is -2.18. The fourth-order valence-electron chi connectivity index (χ4n) is 3.77. The molecule has 2 heterocycles. The molecule has 142 valence electrons. The average Bonchev–Trinajstić information content (AvgIpc) is 3.30. The highest BCUT2D eigenvalue weighted by atomic mass is 32.2. The first-order chi connectivity index (χ1) is 13.0. The Balaban J connectivity index is 1.49. The minimum Gasteiger partial charge on any atom is -0.308 e. The molecule has 1 saturated carbocycles. The smallest absolute Gasteiger partial charge is 0.299 e. The van der Waals surface area contributed by atoms with Crippen molar-refractivity contribution in [2.24, 2.45) is 0 Å². The van der Waals surface area contributed by atoms with Crippen LogP contribution in [-0.2, 0) is 16.6 Å². The summed E-state index contributed by atoms with van der Waals surface area (Å²) in [5.41, 5.74) is 2.81. The van der Waals surface area contributed by atoms with Crippen molar-refractivity contribution in [3.05, 3.63) is 53.9 Å². The van der Waals surface area contributed by atoms with E-state index in [2.05, 4.69) is 14.4 Å². The summed E-state index contributed by atoms with van der Waals surface area (Å²) in [6.45, 7) is 0.569. The van der Waals surface area contributed by atoms with Crippen LogP contribution in [0, 0.1) is 0 Å². The van der Waals surface area contributed by atoms with Crippen molar-refractivity contribution >= 4 is 27.5 Å². The Morgan fingerprint density at radius 3 is 2.74 bits per heavy atom. The van der Waals surface area contributed by atoms with Gasteiger partial charge in [-0.2, -0.15) is 13.1 Å². The van der Waals surface area contributed by atoms with E-state index in [-0.39, 0.29) is 11.9 Å². The Bertz CT molecular complexity index is 941. The number of amides is 1. The van der Waals surface area contributed by atoms with Gasteiger partial charge < -0.3 is 4.90 Å². The first kappa shape index (κ1) is 17.9. The second-order valence-electron chi connectivity index (χ2n) is 7.00. The zero-order valence-electron chi connectivity index (χ0n) is 14.9. The van der Waals surface area contributed by atoms with E-state index in [1.54, 1.807) is 47.6 Å². The van der Waals surface area contributed by atoms with E-state index >= 15 is 0 Å². The maximum Gasteiger partial charge on any atom is 0.299 e. The quantitative estimate of drug-likeness (QED) is 0.826. The predicted molar refractivity (Wildman–Crippen MR) is 104 cm³/mol. The number of fused-ring (bicyclic) bond motifs is 1. The molecule has 0 atom stereocenters. The monoisotopic (exact) mass is 386 g/mol. The number of rotatable bonds is 5. The van der Waals surface area contributed by atoms with Gasteiger partial charge in [0.05, 0.1) is 11.3 Å². The zero-order chi connectivity index (χ0) is 18.9. The predicted octanol–water partition coefficient (Wildman–Crippen LogP) is 2.47. The third-order valence-electron chi connectivity index (χ3n) is 5.06. The van der Waals surface area contributed by atoms with Gasteiger partial charge in [-0.15, -0.1) is 0 Å². The highest BCUT2D eigenvalue weighted by Gasteiger charge is 2.27. The summed E-state index contributed by atoms with van der Waals surface area (Å²) in [5, 5.41) is 0. The number of aromatic nitrogens is 1. The molecule has 1 amide bonds. The molecule has 4 rings (SSSR count). The van der Waals surface area contributed by atoms with E-state index < -0.39 is 10.2 Å². The SMILES string of the molecule is O=C(c1cccnc1)N1CCc2cc(NS(=O)(=O)NC3CCCC3)ccc21. The lowest BCUT2D eigenvalue weighted by molar-refractivity contribution is 0.0989. The summed E-state index contributed by atoms with van der Waals surface area (Å²) in [5.74, 6) is -0.0990. The van der Waals surface area contributed by atoms with Gasteiger partial charge in [0.15, 0.2) is 0 Å². The minimum absolute atomic E-state index is 0.0181. The summed E-state index contributed by atoms with van der Waals surface area (Å²) >= 11 is 0. The molecule has 8 heteroatoms. The van der Waals surface area contributed by atoms with Crippen LogP contribution in [0.2, 0.25) is 0 Å². The van der Waals surface area contributed by atoms with Crippen LogP contribution in [0.1, 0.15) is 41.6 Å². The van der Waals surface area contributed by atoms with Crippen LogP contribution in [0.4, 0.5) is 11.4 Å². The summed E-state index contributed by atoms with van der Waals surface area (Å²) in [6.07, 6.45) is 7.77. The van der Waals surface area contributed by atoms with Gasteiger partial charge in [0.1, 0.15) is 0 Å². The van der Waals surface area contributed by atoms with Gasteiger partial charge in [-0.1, -0.05) is 12.8 Å². The van der Waals surface area contributed by atoms with Crippen LogP contribution in [0.25, 0.3) is 0 Å². The van der Waals surface area contributed by atoms with Crippen molar-refractivity contribution in [2.75, 3.05) is 16.2 Å². The van der Waals surface area contributed by atoms with Crippen molar-refractivity contribution in [2.45, 2.75) is 38.1 Å². The van der Waals surface area contributed by atoms with E-state index in [9.17, 15) is 13.2 Å². The number of hydrogen-bond acceptors (Lipinski definition) is 4. The lowest BCUT2D eigenvalue weighted by Crippen LogP contribution is -2.37. The third-order valence-corrected chi connectivity index (χ3v) is 6.21. The van der Waals surface area contributed by atoms with Crippen LogP contribution in [-0.4, -0.2) is 31.9 Å². The molecule has 2 aliphatic rings. The summed E-state index contributed by atoms with van der Waals surface area (Å²) in [6, 6.07) is 8.79. The standard InChI is InChI=1S/C19H22N4O3S/c24-19(15-4-3-10-20-13-15)23-11-9-14-12-17(7-8-18(14)23)22-27(25,26)21-16-5-1-2-6-16/h3-4,7-8,10,12-13,16,21-22H,1-2,5-6,9,11H2. The van der Waals surface area contributed by atoms with E-state index in [4.69, 9.17) is 0 Å². The van der Waals surface area contributed by atoms with Crippen molar-refractivity contribution in [3.8, 4) is 0 Å². The molecule has 0 bridgehead atoms. The van der Waals surface area contributed by atoms with Crippen LogP contribution >= 0.6 is 0 Å². The first-order valence-corrected chi connectivity index (χ1v) is 10.6. The molecule has 7 nitrogen and oxygen atoms in total. The summed E-state index contributed by atoms with van der Waals surface area (Å²) in [7, 11) is -3.60. The highest BCUT2D eigenvalue weighted by Crippen LogP contribution is 2.32. The Labute approximate surface area is 159 Å². The number of carbonyl (C=O) groups is 1. The summed E-state index contributed by atoms with van der Waals surface area (Å²) < 4.78 is 29.9. The van der Waals surface area contributed by atoms with Crippen LogP contribution in [0.3, 0.4) is 0 Å². The normalized spacial score (nSPS) is 17.1. The van der Waals surface area contributed by atoms with Gasteiger partial charge in [0.25, 0.3) is 16.1 Å². The summed E-state index contributed by atoms with van der Waals surface area (Å²) in [4.78, 5) is 18.4. The number of benzene rings is 1. The van der Waals surface area contributed by atoms with Crippen LogP contribution in [0.5, 0.6) is 0 Å². The second-order valence-corrected chi connectivity index (χ2v) is 8.44. The zero-order valence-corrected chi connectivity index (χ0v) is 15.7. The molecule has 0 saturated heterocycles. The van der Waals surface area contributed by atoms with E-state index in [1.807, 2.05) is 0 Å². The van der Waals surface area contributed by atoms with Crippen LogP contribution in [0.15, 0.2) is 42.7 Å². The fourth-order valence-corrected chi connectivity index (χ4v) is 4.94. The maximum absolute atomic E-state index is 12.7. The van der Waals surface area contributed by atoms with E-state index in [0.717, 1.165) is 36.9 Å². The molecule has 1 aliphatic carbocycles. The molecule has 0 unspecified atom stereocenters. The van der Waals surface area contributed by atoms with E-state index in [0.29, 0.717) is 24.2 Å². The van der Waals surface area contributed by atoms with Gasteiger partial charge in [-0.05, 0) is 55.2 Å². The van der Waals surface area contributed by atoms with Crippen molar-refractivity contribution in [1.29, 1.82) is 0 Å². The molecule has 2 aromatic rings. The highest BCUT2D eigenvalue weighted by molar-refractivity contribution is 7.90. The minimum atomic E-state index is -3.60. The van der Waals surface area contributed by atoms with Crippen molar-refractivity contribution in [1.82, 2.24) is 9.71 Å². The topological polar surface area (TPSA) is 91.4 Å². The number of hydrogen-bond donors (Lipinski definition) is 2. The van der Waals surface area contributed by atoms with Gasteiger partial charge in [-0.3, -0.25) is 14.5 Å². The Morgan fingerprint density at radius 1 is 1.19 bits per heavy atom. The van der Waals surface area contributed by atoms with Crippen molar-refractivity contribution < 1.29 is 13.2 Å². The maximum atomic E-state index is 12.7. The Morgan fingerprint density at radius 2 is 2.00 bits per heavy atom. The van der Waals surface area contributed by atoms with Crippen LogP contribution < -0.4 is 14.3 Å². The number of carbonyl (C=O) groups excluding carboxylic acids is 1. The van der Waals surface area contributed by atoms with Gasteiger partial charge in [0.2, 0.25) is 0 Å². The number of nitrogens with zero attached hydrogens (tertiary/aromatic N) is 2. The largest absolute Gasteiger partial charge is 0.308 e. The van der Waals surface area contributed by atoms with Gasteiger partial charge in [0, 0.05) is 30.7 Å². The Kier molecular flexibility index (Phi) is 4.84. The second kappa shape index (κ2) is 7.28. The first-order valence-electron chi connectivity index (χ1n) is 9.17. The molecule has 1 aromatic heterocycles. The van der Waals surface area contributed by atoms with Crippen molar-refractivity contribution in [3.63, 3.8) is 0 Å². The molecule has 2 N–H and O–H groups in total. The molecule has 0 radical (unpaired) electrons. The molecule has 27 heavy (non-hydrogen) atoms.